The van der Waals surface area contributed by atoms with Crippen molar-refractivity contribution in [2.24, 2.45) is 0 Å². The summed E-state index contributed by atoms with van der Waals surface area (Å²) >= 11 is 0. The SMILES string of the molecule is Cc1ccc([C@H](CCO)NC(=O)OCC2c3ccccc3-c3ccccc32)cc1. The first-order chi connectivity index (χ1) is 14.2. The zero-order chi connectivity index (χ0) is 20.2. The molecular weight excluding hydrogens is 362 g/mol. The third kappa shape index (κ3) is 4.03. The number of aliphatic hydroxyl groups excluding tert-OH is 1. The van der Waals surface area contributed by atoms with E-state index in [9.17, 15) is 9.90 Å². The van der Waals surface area contributed by atoms with Gasteiger partial charge in [-0.25, -0.2) is 4.79 Å². The van der Waals surface area contributed by atoms with Gasteiger partial charge in [0.15, 0.2) is 0 Å². The van der Waals surface area contributed by atoms with Gasteiger partial charge in [-0.15, -0.1) is 0 Å². The van der Waals surface area contributed by atoms with Crippen molar-refractivity contribution in [3.63, 3.8) is 0 Å². The number of carbonyl (C=O) groups excluding carboxylic acids is 1. The first kappa shape index (κ1) is 19.2. The lowest BCUT2D eigenvalue weighted by Gasteiger charge is -2.20. The van der Waals surface area contributed by atoms with Gasteiger partial charge in [0.1, 0.15) is 6.61 Å². The number of fused-ring (bicyclic) bond motifs is 3. The van der Waals surface area contributed by atoms with Gasteiger partial charge in [-0.3, -0.25) is 0 Å². The fraction of sp³-hybridized carbons (Fsp3) is 0.240. The number of benzene rings is 3. The number of aryl methyl sites for hydroxylation is 1. The van der Waals surface area contributed by atoms with E-state index in [1.165, 1.54) is 22.3 Å². The van der Waals surface area contributed by atoms with Gasteiger partial charge in [0.25, 0.3) is 0 Å². The minimum absolute atomic E-state index is 0.0117. The van der Waals surface area contributed by atoms with Crippen molar-refractivity contribution in [3.8, 4) is 11.1 Å². The summed E-state index contributed by atoms with van der Waals surface area (Å²) in [5.74, 6) is 0.0313. The molecule has 0 spiro atoms. The molecule has 0 unspecified atom stereocenters. The molecule has 29 heavy (non-hydrogen) atoms. The van der Waals surface area contributed by atoms with E-state index >= 15 is 0 Å². The van der Waals surface area contributed by atoms with E-state index in [2.05, 4.69) is 29.6 Å². The number of hydrogen-bond acceptors (Lipinski definition) is 3. The Morgan fingerprint density at radius 3 is 2.14 bits per heavy atom. The predicted molar refractivity (Wildman–Crippen MR) is 114 cm³/mol. The fourth-order valence-corrected chi connectivity index (χ4v) is 4.03. The van der Waals surface area contributed by atoms with E-state index in [0.29, 0.717) is 6.42 Å². The normalized spacial score (nSPS) is 13.4. The maximum atomic E-state index is 12.5. The summed E-state index contributed by atoms with van der Waals surface area (Å²) < 4.78 is 5.63. The minimum atomic E-state index is -0.467. The van der Waals surface area contributed by atoms with Crippen LogP contribution >= 0.6 is 0 Å². The van der Waals surface area contributed by atoms with Crippen molar-refractivity contribution in [2.75, 3.05) is 13.2 Å². The smallest absolute Gasteiger partial charge is 0.407 e. The second-order valence-corrected chi connectivity index (χ2v) is 7.45. The van der Waals surface area contributed by atoms with Gasteiger partial charge in [0, 0.05) is 12.5 Å². The Bertz CT molecular complexity index is 951. The van der Waals surface area contributed by atoms with Gasteiger partial charge in [-0.2, -0.15) is 0 Å². The van der Waals surface area contributed by atoms with Gasteiger partial charge >= 0.3 is 6.09 Å². The summed E-state index contributed by atoms with van der Waals surface area (Å²) in [6.07, 6.45) is -0.0290. The summed E-state index contributed by atoms with van der Waals surface area (Å²) in [4.78, 5) is 12.5. The number of amides is 1. The molecule has 2 N–H and O–H groups in total. The molecule has 0 radical (unpaired) electrons. The molecule has 3 aromatic carbocycles. The minimum Gasteiger partial charge on any atom is -0.449 e. The van der Waals surface area contributed by atoms with E-state index in [0.717, 1.165) is 11.1 Å². The Labute approximate surface area is 171 Å². The number of rotatable bonds is 6. The lowest BCUT2D eigenvalue weighted by atomic mass is 9.98. The number of alkyl carbamates (subject to hydrolysis) is 1. The maximum Gasteiger partial charge on any atom is 0.407 e. The van der Waals surface area contributed by atoms with E-state index < -0.39 is 6.09 Å². The highest BCUT2D eigenvalue weighted by atomic mass is 16.5. The van der Waals surface area contributed by atoms with Gasteiger partial charge < -0.3 is 15.2 Å². The van der Waals surface area contributed by atoms with Crippen LogP contribution in [0.2, 0.25) is 0 Å². The Morgan fingerprint density at radius 1 is 0.966 bits per heavy atom. The standard InChI is InChI=1S/C25H25NO3/c1-17-10-12-18(13-11-17)24(14-15-27)26-25(28)29-16-23-21-8-4-2-6-19(21)20-7-3-5-9-22(20)23/h2-13,23-24,27H,14-16H2,1H3,(H,26,28)/t24-/m0/s1. The quantitative estimate of drug-likeness (QED) is 0.629. The molecule has 148 valence electrons. The number of carbonyl (C=O) groups is 1. The van der Waals surface area contributed by atoms with Crippen LogP contribution in [0.5, 0.6) is 0 Å². The molecule has 0 aliphatic heterocycles. The van der Waals surface area contributed by atoms with Crippen LogP contribution in [0.1, 0.15) is 40.6 Å². The van der Waals surface area contributed by atoms with Gasteiger partial charge in [-0.1, -0.05) is 78.4 Å². The molecule has 4 nitrogen and oxygen atoms in total. The van der Waals surface area contributed by atoms with Crippen LogP contribution in [0, 0.1) is 6.92 Å². The van der Waals surface area contributed by atoms with Crippen LogP contribution in [-0.4, -0.2) is 24.4 Å². The molecule has 4 rings (SSSR count). The van der Waals surface area contributed by atoms with Crippen LogP contribution in [-0.2, 0) is 4.74 Å². The van der Waals surface area contributed by atoms with Crippen LogP contribution in [0.25, 0.3) is 11.1 Å². The molecule has 1 amide bonds. The van der Waals surface area contributed by atoms with Crippen molar-refractivity contribution >= 4 is 6.09 Å². The highest BCUT2D eigenvalue weighted by molar-refractivity contribution is 5.79. The monoisotopic (exact) mass is 387 g/mol. The van der Waals surface area contributed by atoms with Gasteiger partial charge in [0.2, 0.25) is 0 Å². The number of nitrogens with one attached hydrogen (secondary N) is 1. The molecule has 0 heterocycles. The summed E-state index contributed by atoms with van der Waals surface area (Å²) in [6, 6.07) is 24.2. The third-order valence-corrected chi connectivity index (χ3v) is 5.53. The molecule has 1 aliphatic rings. The van der Waals surface area contributed by atoms with Gasteiger partial charge in [0.05, 0.1) is 6.04 Å². The van der Waals surface area contributed by atoms with E-state index in [4.69, 9.17) is 4.74 Å². The second-order valence-electron chi connectivity index (χ2n) is 7.45. The zero-order valence-electron chi connectivity index (χ0n) is 16.5. The average Bonchev–Trinajstić information content (AvgIpc) is 3.06. The summed E-state index contributed by atoms with van der Waals surface area (Å²) in [6.45, 7) is 2.28. The predicted octanol–water partition coefficient (Wildman–Crippen LogP) is 4.96. The van der Waals surface area contributed by atoms with Crippen molar-refractivity contribution in [2.45, 2.75) is 25.3 Å². The van der Waals surface area contributed by atoms with E-state index in [-0.39, 0.29) is 25.2 Å². The van der Waals surface area contributed by atoms with Crippen LogP contribution in [0.4, 0.5) is 4.79 Å². The van der Waals surface area contributed by atoms with Crippen molar-refractivity contribution < 1.29 is 14.6 Å². The third-order valence-electron chi connectivity index (χ3n) is 5.53. The number of hydrogen-bond donors (Lipinski definition) is 2. The molecule has 0 bridgehead atoms. The van der Waals surface area contributed by atoms with E-state index in [1.807, 2.05) is 55.5 Å². The van der Waals surface area contributed by atoms with Crippen LogP contribution in [0.15, 0.2) is 72.8 Å². The highest BCUT2D eigenvalue weighted by Crippen LogP contribution is 2.44. The summed E-state index contributed by atoms with van der Waals surface area (Å²) in [5, 5.41) is 12.3. The summed E-state index contributed by atoms with van der Waals surface area (Å²) in [7, 11) is 0. The maximum absolute atomic E-state index is 12.5. The Kier molecular flexibility index (Phi) is 5.63. The molecule has 0 aromatic heterocycles. The molecule has 0 saturated carbocycles. The van der Waals surface area contributed by atoms with Crippen LogP contribution < -0.4 is 5.32 Å². The lowest BCUT2D eigenvalue weighted by Crippen LogP contribution is -2.31. The lowest BCUT2D eigenvalue weighted by molar-refractivity contribution is 0.136. The molecule has 1 aliphatic carbocycles. The Morgan fingerprint density at radius 2 is 1.55 bits per heavy atom. The zero-order valence-corrected chi connectivity index (χ0v) is 16.5. The second kappa shape index (κ2) is 8.50. The van der Waals surface area contributed by atoms with Crippen molar-refractivity contribution in [1.29, 1.82) is 0 Å². The molecule has 0 saturated heterocycles. The molecule has 3 aromatic rings. The van der Waals surface area contributed by atoms with E-state index in [1.54, 1.807) is 0 Å². The van der Waals surface area contributed by atoms with Gasteiger partial charge in [-0.05, 0) is 41.2 Å². The van der Waals surface area contributed by atoms with Crippen molar-refractivity contribution in [3.05, 3.63) is 95.1 Å². The average molecular weight is 387 g/mol. The number of aliphatic hydroxyl groups is 1. The Balaban J connectivity index is 1.46. The Hall–Kier alpha value is -3.11. The number of ether oxygens (including phenoxy) is 1. The molecule has 4 heteroatoms. The van der Waals surface area contributed by atoms with Crippen molar-refractivity contribution in [1.82, 2.24) is 5.32 Å². The first-order valence-electron chi connectivity index (χ1n) is 9.96. The molecule has 1 atom stereocenters. The van der Waals surface area contributed by atoms with Crippen LogP contribution in [0.3, 0.4) is 0 Å². The highest BCUT2D eigenvalue weighted by Gasteiger charge is 2.29. The fourth-order valence-electron chi connectivity index (χ4n) is 4.03. The first-order valence-corrected chi connectivity index (χ1v) is 9.96. The topological polar surface area (TPSA) is 58.6 Å². The molecular formula is C25H25NO3. The largest absolute Gasteiger partial charge is 0.449 e. The molecule has 0 fully saturated rings. The summed E-state index contributed by atoms with van der Waals surface area (Å²) in [5.41, 5.74) is 6.89.